The summed E-state index contributed by atoms with van der Waals surface area (Å²) in [5.74, 6) is 1.94. The van der Waals surface area contributed by atoms with Gasteiger partial charge in [0.15, 0.2) is 5.69 Å². The van der Waals surface area contributed by atoms with Crippen molar-refractivity contribution in [3.05, 3.63) is 16.1 Å². The summed E-state index contributed by atoms with van der Waals surface area (Å²) in [6.45, 7) is 11.4. The lowest BCUT2D eigenvalue weighted by Crippen LogP contribution is -2.46. The van der Waals surface area contributed by atoms with Crippen molar-refractivity contribution < 1.29 is 29.0 Å². The molecule has 0 aliphatic rings. The molecule has 1 aromatic rings. The maximum atomic E-state index is 12.8. The number of terminal acetylenes is 1. The average Bonchev–Trinajstić information content (AvgIpc) is 3.15. The molecule has 0 saturated heterocycles. The summed E-state index contributed by atoms with van der Waals surface area (Å²) in [4.78, 5) is 34.6. The lowest BCUT2D eigenvalue weighted by molar-refractivity contribution is -0.184. The Kier molecular flexibility index (Phi) is 11.0. The fraction of sp³-hybridized carbons (Fsp3) is 0.682. The largest absolute Gasteiger partial charge is 0.461 e. The predicted octanol–water partition coefficient (Wildman–Crippen LogP) is 4.35. The maximum absolute atomic E-state index is 12.8. The van der Waals surface area contributed by atoms with Gasteiger partial charge in [-0.15, -0.1) is 23.7 Å². The molecule has 9 heteroatoms. The van der Waals surface area contributed by atoms with Crippen molar-refractivity contribution in [1.82, 2.24) is 10.0 Å². The Labute approximate surface area is 188 Å². The molecule has 1 aromatic heterocycles. The Bertz CT molecular complexity index is 750. The van der Waals surface area contributed by atoms with Crippen LogP contribution in [0.5, 0.6) is 0 Å². The molecule has 0 spiro atoms. The van der Waals surface area contributed by atoms with Crippen molar-refractivity contribution in [3.8, 4) is 12.3 Å². The minimum atomic E-state index is -1.00. The summed E-state index contributed by atoms with van der Waals surface area (Å²) >= 11 is 1.16. The standard InChI is InChI=1S/C22H34N2O6S/c1-8-10-11-12-29-24(21(27)30-22(5,6)7)17(15(3)4)13-18(25)19-23-16(14-31-19)20(26)28-9-2/h1,14-15,17-18,25H,9-13H2,2-7H3/t17-,18-/m0/s1. The maximum Gasteiger partial charge on any atom is 0.434 e. The van der Waals surface area contributed by atoms with E-state index in [1.807, 2.05) is 13.8 Å². The van der Waals surface area contributed by atoms with Crippen molar-refractivity contribution >= 4 is 23.4 Å². The fourth-order valence-electron chi connectivity index (χ4n) is 2.64. The highest BCUT2D eigenvalue weighted by Gasteiger charge is 2.34. The molecule has 1 heterocycles. The van der Waals surface area contributed by atoms with Gasteiger partial charge in [-0.05, 0) is 40.0 Å². The molecule has 0 bridgehead atoms. The minimum Gasteiger partial charge on any atom is -0.461 e. The minimum absolute atomic E-state index is 0.0562. The topological polar surface area (TPSA) is 98.2 Å². The van der Waals surface area contributed by atoms with E-state index in [1.165, 1.54) is 5.06 Å². The molecule has 174 valence electrons. The summed E-state index contributed by atoms with van der Waals surface area (Å²) in [6.07, 6.45) is 4.91. The molecule has 8 nitrogen and oxygen atoms in total. The molecule has 0 unspecified atom stereocenters. The van der Waals surface area contributed by atoms with Gasteiger partial charge in [0, 0.05) is 18.2 Å². The van der Waals surface area contributed by atoms with Gasteiger partial charge in [-0.25, -0.2) is 14.6 Å². The van der Waals surface area contributed by atoms with Crippen LogP contribution in [0.15, 0.2) is 5.38 Å². The van der Waals surface area contributed by atoms with E-state index in [2.05, 4.69) is 10.9 Å². The first-order chi connectivity index (χ1) is 14.5. The van der Waals surface area contributed by atoms with Gasteiger partial charge in [0.25, 0.3) is 0 Å². The number of thiazole rings is 1. The van der Waals surface area contributed by atoms with Crippen LogP contribution in [-0.2, 0) is 14.3 Å². The number of carbonyl (C=O) groups excluding carboxylic acids is 2. The van der Waals surface area contributed by atoms with Crippen molar-refractivity contribution in [2.24, 2.45) is 5.92 Å². The summed E-state index contributed by atoms with van der Waals surface area (Å²) in [5.41, 5.74) is -0.557. The van der Waals surface area contributed by atoms with Crippen LogP contribution < -0.4 is 0 Å². The van der Waals surface area contributed by atoms with Crippen LogP contribution in [0.1, 0.15) is 82.4 Å². The van der Waals surface area contributed by atoms with Gasteiger partial charge in [0.2, 0.25) is 0 Å². The summed E-state index contributed by atoms with van der Waals surface area (Å²) < 4.78 is 10.4. The third-order valence-corrected chi connectivity index (χ3v) is 5.04. The molecule has 1 rings (SSSR count). The van der Waals surface area contributed by atoms with Crippen LogP contribution in [0.2, 0.25) is 0 Å². The number of hydroxylamine groups is 2. The van der Waals surface area contributed by atoms with Crippen molar-refractivity contribution in [2.75, 3.05) is 13.2 Å². The molecular weight excluding hydrogens is 420 g/mol. The molecule has 0 aromatic carbocycles. The SMILES string of the molecule is C#CCCCON(C(=O)OC(C)(C)C)[C@@H](C[C@H](O)c1nc(C(=O)OCC)cs1)C(C)C. The highest BCUT2D eigenvalue weighted by Crippen LogP contribution is 2.28. The van der Waals surface area contributed by atoms with Gasteiger partial charge in [0.1, 0.15) is 16.7 Å². The monoisotopic (exact) mass is 454 g/mol. The van der Waals surface area contributed by atoms with Gasteiger partial charge in [-0.2, -0.15) is 5.06 Å². The second-order valence-corrected chi connectivity index (χ2v) is 9.19. The number of nitrogens with zero attached hydrogens (tertiary/aromatic N) is 2. The number of aliphatic hydroxyl groups is 1. The third-order valence-electron chi connectivity index (χ3n) is 4.10. The lowest BCUT2D eigenvalue weighted by atomic mass is 9.98. The smallest absolute Gasteiger partial charge is 0.434 e. The molecule has 0 saturated carbocycles. The van der Waals surface area contributed by atoms with Gasteiger partial charge >= 0.3 is 12.1 Å². The number of carbonyl (C=O) groups is 2. The number of aliphatic hydroxyl groups excluding tert-OH is 1. The van der Waals surface area contributed by atoms with Crippen LogP contribution in [0.4, 0.5) is 4.79 Å². The van der Waals surface area contributed by atoms with E-state index in [4.69, 9.17) is 20.7 Å². The average molecular weight is 455 g/mol. The summed E-state index contributed by atoms with van der Waals surface area (Å²) in [5, 5.41) is 13.9. The van der Waals surface area contributed by atoms with Crippen molar-refractivity contribution in [1.29, 1.82) is 0 Å². The highest BCUT2D eigenvalue weighted by molar-refractivity contribution is 7.09. The molecule has 0 fully saturated rings. The van der Waals surface area contributed by atoms with E-state index in [1.54, 1.807) is 33.1 Å². The van der Waals surface area contributed by atoms with E-state index in [-0.39, 0.29) is 31.2 Å². The van der Waals surface area contributed by atoms with Crippen LogP contribution in [0, 0.1) is 18.3 Å². The molecule has 0 aliphatic carbocycles. The van der Waals surface area contributed by atoms with Gasteiger partial charge < -0.3 is 14.6 Å². The molecule has 0 radical (unpaired) electrons. The molecule has 2 atom stereocenters. The van der Waals surface area contributed by atoms with E-state index < -0.39 is 29.8 Å². The van der Waals surface area contributed by atoms with Crippen LogP contribution in [0.25, 0.3) is 0 Å². The number of ether oxygens (including phenoxy) is 2. The predicted molar refractivity (Wildman–Crippen MR) is 118 cm³/mol. The molecule has 1 amide bonds. The number of amides is 1. The number of rotatable bonds is 11. The number of hydrogen-bond acceptors (Lipinski definition) is 8. The zero-order valence-corrected chi connectivity index (χ0v) is 20.0. The Morgan fingerprint density at radius 3 is 2.58 bits per heavy atom. The molecule has 1 N–H and O–H groups in total. The van der Waals surface area contributed by atoms with Crippen molar-refractivity contribution in [3.63, 3.8) is 0 Å². The fourth-order valence-corrected chi connectivity index (χ4v) is 3.42. The Hall–Kier alpha value is -2.15. The quantitative estimate of drug-likeness (QED) is 0.230. The lowest BCUT2D eigenvalue weighted by Gasteiger charge is -2.35. The zero-order valence-electron chi connectivity index (χ0n) is 19.2. The third kappa shape index (κ3) is 9.25. The first-order valence-corrected chi connectivity index (χ1v) is 11.3. The van der Waals surface area contributed by atoms with Gasteiger partial charge in [0.05, 0.1) is 19.3 Å². The molecular formula is C22H34N2O6S. The Morgan fingerprint density at radius 2 is 2.03 bits per heavy atom. The Balaban J connectivity index is 3.01. The first-order valence-electron chi connectivity index (χ1n) is 10.4. The van der Waals surface area contributed by atoms with Crippen LogP contribution in [-0.4, -0.2) is 52.1 Å². The van der Waals surface area contributed by atoms with Crippen LogP contribution >= 0.6 is 11.3 Å². The van der Waals surface area contributed by atoms with Crippen LogP contribution in [0.3, 0.4) is 0 Å². The normalized spacial score (nSPS) is 13.4. The second kappa shape index (κ2) is 12.6. The molecule has 31 heavy (non-hydrogen) atoms. The number of esters is 1. The second-order valence-electron chi connectivity index (χ2n) is 8.30. The summed E-state index contributed by atoms with van der Waals surface area (Å²) in [6, 6.07) is -0.495. The summed E-state index contributed by atoms with van der Waals surface area (Å²) in [7, 11) is 0. The Morgan fingerprint density at radius 1 is 1.35 bits per heavy atom. The van der Waals surface area contributed by atoms with Gasteiger partial charge in [-0.1, -0.05) is 13.8 Å². The highest BCUT2D eigenvalue weighted by atomic mass is 32.1. The number of hydrogen-bond donors (Lipinski definition) is 1. The van der Waals surface area contributed by atoms with E-state index in [0.717, 1.165) is 11.3 Å². The number of unbranched alkanes of at least 4 members (excludes halogenated alkanes) is 1. The zero-order chi connectivity index (χ0) is 23.6. The molecule has 0 aliphatic heterocycles. The van der Waals surface area contributed by atoms with Gasteiger partial charge in [-0.3, -0.25) is 4.84 Å². The van der Waals surface area contributed by atoms with E-state index in [9.17, 15) is 14.7 Å². The van der Waals surface area contributed by atoms with E-state index in [0.29, 0.717) is 17.8 Å². The van der Waals surface area contributed by atoms with E-state index >= 15 is 0 Å². The number of aromatic nitrogens is 1. The van der Waals surface area contributed by atoms with Crippen molar-refractivity contribution in [2.45, 2.75) is 78.6 Å². The first kappa shape index (κ1) is 26.9.